The number of hydrogen-bond acceptors (Lipinski definition) is 3. The minimum Gasteiger partial charge on any atom is -0.487 e. The molecule has 0 aliphatic heterocycles. The molecule has 0 bridgehead atoms. The third-order valence-electron chi connectivity index (χ3n) is 3.46. The first-order chi connectivity index (χ1) is 8.58. The van der Waals surface area contributed by atoms with Gasteiger partial charge < -0.3 is 9.84 Å². The summed E-state index contributed by atoms with van der Waals surface area (Å²) in [4.78, 5) is 11.6. The lowest BCUT2D eigenvalue weighted by atomic mass is 9.94. The van der Waals surface area contributed by atoms with Crippen LogP contribution in [0.4, 0.5) is 0 Å². The largest absolute Gasteiger partial charge is 0.487 e. The zero-order chi connectivity index (χ0) is 13.1. The van der Waals surface area contributed by atoms with Crippen LogP contribution in [0, 0.1) is 6.92 Å². The number of Topliss-reactive ketones (excluding diaryl/α,β-unsaturated/α-hetero) is 1. The van der Waals surface area contributed by atoms with Crippen molar-refractivity contribution in [3.8, 4) is 5.75 Å². The summed E-state index contributed by atoms with van der Waals surface area (Å²) in [6.45, 7) is 3.50. The van der Waals surface area contributed by atoms with Gasteiger partial charge in [0.05, 0.1) is 11.7 Å². The maximum Gasteiger partial charge on any atom is 0.163 e. The van der Waals surface area contributed by atoms with Gasteiger partial charge in [-0.1, -0.05) is 12.5 Å². The molecule has 18 heavy (non-hydrogen) atoms. The van der Waals surface area contributed by atoms with Crippen molar-refractivity contribution in [3.05, 3.63) is 29.3 Å². The monoisotopic (exact) mass is 248 g/mol. The van der Waals surface area contributed by atoms with Crippen LogP contribution in [0.3, 0.4) is 0 Å². The first kappa shape index (κ1) is 13.1. The van der Waals surface area contributed by atoms with E-state index in [1.807, 2.05) is 19.1 Å². The average Bonchev–Trinajstić information content (AvgIpc) is 2.32. The Hall–Kier alpha value is -1.35. The number of ketones is 1. The Kier molecular flexibility index (Phi) is 4.02. The molecular weight excluding hydrogens is 228 g/mol. The maximum absolute atomic E-state index is 11.6. The summed E-state index contributed by atoms with van der Waals surface area (Å²) in [6.07, 6.45) is 3.16. The Balaban J connectivity index is 2.21. The molecule has 0 saturated heterocycles. The second-order valence-electron chi connectivity index (χ2n) is 5.06. The van der Waals surface area contributed by atoms with Gasteiger partial charge in [-0.3, -0.25) is 4.79 Å². The average molecular weight is 248 g/mol. The molecule has 2 rings (SSSR count). The van der Waals surface area contributed by atoms with E-state index in [0.29, 0.717) is 11.3 Å². The molecule has 1 saturated carbocycles. The van der Waals surface area contributed by atoms with Gasteiger partial charge in [0.2, 0.25) is 0 Å². The van der Waals surface area contributed by atoms with Gasteiger partial charge in [-0.25, -0.2) is 0 Å². The van der Waals surface area contributed by atoms with Crippen LogP contribution in [0.25, 0.3) is 0 Å². The summed E-state index contributed by atoms with van der Waals surface area (Å²) in [5.41, 5.74) is 1.65. The van der Waals surface area contributed by atoms with E-state index < -0.39 is 6.10 Å². The second kappa shape index (κ2) is 5.53. The number of carbonyl (C=O) groups excluding carboxylic acids is 1. The van der Waals surface area contributed by atoms with Crippen molar-refractivity contribution < 1.29 is 14.6 Å². The van der Waals surface area contributed by atoms with Crippen molar-refractivity contribution in [2.75, 3.05) is 0 Å². The van der Waals surface area contributed by atoms with E-state index >= 15 is 0 Å². The first-order valence-electron chi connectivity index (χ1n) is 6.54. The van der Waals surface area contributed by atoms with Crippen molar-refractivity contribution in [2.24, 2.45) is 0 Å². The molecule has 3 heteroatoms. The molecule has 1 N–H and O–H groups in total. The normalized spacial score (nSPS) is 23.7. The SMILES string of the molecule is CC(=O)c1ccc(C)cc1OC1CCCCC1O. The predicted molar refractivity (Wildman–Crippen MR) is 70.1 cm³/mol. The molecule has 98 valence electrons. The van der Waals surface area contributed by atoms with Gasteiger partial charge in [0.25, 0.3) is 0 Å². The highest BCUT2D eigenvalue weighted by Gasteiger charge is 2.25. The number of aryl methyl sites for hydroxylation is 1. The van der Waals surface area contributed by atoms with E-state index in [1.165, 1.54) is 6.92 Å². The van der Waals surface area contributed by atoms with E-state index in [2.05, 4.69) is 0 Å². The predicted octanol–water partition coefficient (Wildman–Crippen LogP) is 2.88. The number of aliphatic hydroxyl groups is 1. The van der Waals surface area contributed by atoms with E-state index in [1.54, 1.807) is 6.07 Å². The summed E-state index contributed by atoms with van der Waals surface area (Å²) in [7, 11) is 0. The standard InChI is InChI=1S/C15H20O3/c1-10-7-8-12(11(2)16)15(9-10)18-14-6-4-3-5-13(14)17/h7-9,13-14,17H,3-6H2,1-2H3. The number of ether oxygens (including phenoxy) is 1. The highest BCUT2D eigenvalue weighted by Crippen LogP contribution is 2.27. The number of aliphatic hydroxyl groups excluding tert-OH is 1. The summed E-state index contributed by atoms with van der Waals surface area (Å²) >= 11 is 0. The Morgan fingerprint density at radius 2 is 2.06 bits per heavy atom. The Morgan fingerprint density at radius 3 is 2.72 bits per heavy atom. The molecule has 0 heterocycles. The summed E-state index contributed by atoms with van der Waals surface area (Å²) in [6, 6.07) is 5.57. The van der Waals surface area contributed by atoms with Crippen molar-refractivity contribution in [1.29, 1.82) is 0 Å². The van der Waals surface area contributed by atoms with Gasteiger partial charge in [-0.15, -0.1) is 0 Å². The van der Waals surface area contributed by atoms with Crippen molar-refractivity contribution >= 4 is 5.78 Å². The van der Waals surface area contributed by atoms with E-state index in [0.717, 1.165) is 31.2 Å². The molecule has 0 aromatic heterocycles. The lowest BCUT2D eigenvalue weighted by molar-refractivity contribution is 0.00645. The maximum atomic E-state index is 11.6. The quantitative estimate of drug-likeness (QED) is 0.837. The van der Waals surface area contributed by atoms with Crippen LogP contribution in [0.1, 0.15) is 48.5 Å². The molecule has 1 aromatic carbocycles. The number of carbonyl (C=O) groups is 1. The fourth-order valence-electron chi connectivity index (χ4n) is 2.40. The van der Waals surface area contributed by atoms with Gasteiger partial charge in [-0.05, 0) is 50.8 Å². The van der Waals surface area contributed by atoms with Gasteiger partial charge in [0.1, 0.15) is 11.9 Å². The van der Waals surface area contributed by atoms with Crippen molar-refractivity contribution in [1.82, 2.24) is 0 Å². The third kappa shape index (κ3) is 2.91. The first-order valence-corrected chi connectivity index (χ1v) is 6.54. The molecule has 1 aromatic rings. The molecule has 2 atom stereocenters. The van der Waals surface area contributed by atoms with Crippen LogP contribution in [-0.2, 0) is 0 Å². The molecule has 1 aliphatic rings. The molecular formula is C15H20O3. The molecule has 0 spiro atoms. The van der Waals surface area contributed by atoms with Crippen molar-refractivity contribution in [3.63, 3.8) is 0 Å². The molecule has 3 nitrogen and oxygen atoms in total. The van der Waals surface area contributed by atoms with Crippen molar-refractivity contribution in [2.45, 2.75) is 51.7 Å². The number of benzene rings is 1. The highest BCUT2D eigenvalue weighted by molar-refractivity contribution is 5.96. The van der Waals surface area contributed by atoms with Crippen LogP contribution in [0.15, 0.2) is 18.2 Å². The lowest BCUT2D eigenvalue weighted by Gasteiger charge is -2.29. The van der Waals surface area contributed by atoms with Crippen LogP contribution in [0.5, 0.6) is 5.75 Å². The fraction of sp³-hybridized carbons (Fsp3) is 0.533. The van der Waals surface area contributed by atoms with Gasteiger partial charge >= 0.3 is 0 Å². The van der Waals surface area contributed by atoms with Crippen LogP contribution >= 0.6 is 0 Å². The molecule has 0 amide bonds. The molecule has 2 unspecified atom stereocenters. The fourth-order valence-corrected chi connectivity index (χ4v) is 2.40. The molecule has 0 radical (unpaired) electrons. The van der Waals surface area contributed by atoms with E-state index in [4.69, 9.17) is 4.74 Å². The van der Waals surface area contributed by atoms with Gasteiger partial charge in [0.15, 0.2) is 5.78 Å². The smallest absolute Gasteiger partial charge is 0.163 e. The Bertz CT molecular complexity index is 439. The van der Waals surface area contributed by atoms with Crippen LogP contribution in [-0.4, -0.2) is 23.1 Å². The highest BCUT2D eigenvalue weighted by atomic mass is 16.5. The van der Waals surface area contributed by atoms with E-state index in [9.17, 15) is 9.90 Å². The lowest BCUT2D eigenvalue weighted by Crippen LogP contribution is -2.35. The van der Waals surface area contributed by atoms with Crippen LogP contribution < -0.4 is 4.74 Å². The topological polar surface area (TPSA) is 46.5 Å². The van der Waals surface area contributed by atoms with Gasteiger partial charge in [-0.2, -0.15) is 0 Å². The third-order valence-corrected chi connectivity index (χ3v) is 3.46. The Labute approximate surface area is 108 Å². The van der Waals surface area contributed by atoms with Crippen LogP contribution in [0.2, 0.25) is 0 Å². The zero-order valence-electron chi connectivity index (χ0n) is 11.0. The summed E-state index contributed by atoms with van der Waals surface area (Å²) in [5, 5.41) is 9.92. The Morgan fingerprint density at radius 1 is 1.33 bits per heavy atom. The number of hydrogen-bond donors (Lipinski definition) is 1. The van der Waals surface area contributed by atoms with Gasteiger partial charge in [0, 0.05) is 0 Å². The minimum absolute atomic E-state index is 0.00435. The minimum atomic E-state index is -0.418. The zero-order valence-corrected chi connectivity index (χ0v) is 11.0. The summed E-state index contributed by atoms with van der Waals surface area (Å²) in [5.74, 6) is 0.601. The molecule has 1 aliphatic carbocycles. The molecule has 1 fully saturated rings. The summed E-state index contributed by atoms with van der Waals surface area (Å²) < 4.78 is 5.87. The number of rotatable bonds is 3. The van der Waals surface area contributed by atoms with E-state index in [-0.39, 0.29) is 11.9 Å². The second-order valence-corrected chi connectivity index (χ2v) is 5.06.